The molecule has 0 N–H and O–H groups in total. The van der Waals surface area contributed by atoms with Crippen molar-refractivity contribution in [3.8, 4) is 0 Å². The number of rotatable bonds is 11. The van der Waals surface area contributed by atoms with Crippen LogP contribution in [0.15, 0.2) is 102 Å². The van der Waals surface area contributed by atoms with Crippen LogP contribution in [0.2, 0.25) is 0 Å². The molecule has 0 nitrogen and oxygen atoms in total. The minimum Gasteiger partial charge on any atom is -0.0805 e. The van der Waals surface area contributed by atoms with E-state index in [-0.39, 0.29) is 0 Å². The fourth-order valence-electron chi connectivity index (χ4n) is 5.75. The zero-order valence-electron chi connectivity index (χ0n) is 22.2. The lowest BCUT2D eigenvalue weighted by molar-refractivity contribution is 0.789. The van der Waals surface area contributed by atoms with Crippen molar-refractivity contribution >= 4 is 23.6 Å². The van der Waals surface area contributed by atoms with Gasteiger partial charge in [-0.3, -0.25) is 0 Å². The molecule has 0 aliphatic heterocycles. The van der Waals surface area contributed by atoms with Crippen LogP contribution in [0.25, 0.3) is 0 Å². The standard InChI is InChI=1S/C34H42Si/c1-5-7-13-28-19-23-31(24-20-28)35(30-15-10-9-11-16-30,34-18-12-17-33(34)27(3)4)32-25-21-29(22-26-32)14-8-6-2/h9-12,15-17,19-27H,5-8,13-14,18H2,1-4H3. The summed E-state index contributed by atoms with van der Waals surface area (Å²) in [6, 6.07) is 30.9. The van der Waals surface area contributed by atoms with E-state index in [1.807, 2.05) is 0 Å². The van der Waals surface area contributed by atoms with E-state index in [0.717, 1.165) is 6.42 Å². The van der Waals surface area contributed by atoms with Gasteiger partial charge in [-0.25, -0.2) is 0 Å². The van der Waals surface area contributed by atoms with Crippen molar-refractivity contribution in [2.45, 2.75) is 72.6 Å². The molecule has 0 saturated carbocycles. The summed E-state index contributed by atoms with van der Waals surface area (Å²) in [6.07, 6.45) is 13.2. The van der Waals surface area contributed by atoms with Crippen molar-refractivity contribution in [1.82, 2.24) is 0 Å². The van der Waals surface area contributed by atoms with Crippen LogP contribution < -0.4 is 15.6 Å². The van der Waals surface area contributed by atoms with Crippen LogP contribution >= 0.6 is 0 Å². The number of unbranched alkanes of at least 4 members (excludes halogenated alkanes) is 2. The molecule has 0 heterocycles. The summed E-state index contributed by atoms with van der Waals surface area (Å²) < 4.78 is 0. The van der Waals surface area contributed by atoms with Crippen LogP contribution in [-0.2, 0) is 12.8 Å². The van der Waals surface area contributed by atoms with E-state index in [1.165, 1.54) is 65.2 Å². The average Bonchev–Trinajstić information content (AvgIpc) is 3.39. The Bertz CT molecular complexity index is 1080. The number of hydrogen-bond donors (Lipinski definition) is 0. The third-order valence-corrected chi connectivity index (χ3v) is 12.7. The molecule has 0 bridgehead atoms. The summed E-state index contributed by atoms with van der Waals surface area (Å²) in [5.74, 6) is 0.520. The molecule has 1 aliphatic carbocycles. The minimum atomic E-state index is -2.41. The first-order chi connectivity index (χ1) is 17.1. The van der Waals surface area contributed by atoms with Gasteiger partial charge >= 0.3 is 0 Å². The maximum Gasteiger partial charge on any atom is 0.176 e. The van der Waals surface area contributed by atoms with Crippen molar-refractivity contribution in [3.05, 3.63) is 113 Å². The predicted octanol–water partition coefficient (Wildman–Crippen LogP) is 7.29. The third-order valence-electron chi connectivity index (χ3n) is 7.66. The molecule has 4 rings (SSSR count). The predicted molar refractivity (Wildman–Crippen MR) is 157 cm³/mol. The monoisotopic (exact) mass is 478 g/mol. The van der Waals surface area contributed by atoms with Gasteiger partial charge in [0.1, 0.15) is 0 Å². The number of hydrogen-bond acceptors (Lipinski definition) is 0. The van der Waals surface area contributed by atoms with E-state index >= 15 is 0 Å². The Morgan fingerprint density at radius 1 is 0.657 bits per heavy atom. The second-order valence-electron chi connectivity index (χ2n) is 10.4. The van der Waals surface area contributed by atoms with E-state index < -0.39 is 8.07 Å². The number of aryl methyl sites for hydroxylation is 2. The van der Waals surface area contributed by atoms with Crippen molar-refractivity contribution in [2.24, 2.45) is 5.92 Å². The molecule has 0 fully saturated rings. The zero-order chi connectivity index (χ0) is 24.7. The normalized spacial score (nSPS) is 13.7. The van der Waals surface area contributed by atoms with Crippen LogP contribution in [0, 0.1) is 5.92 Å². The second kappa shape index (κ2) is 11.9. The maximum absolute atomic E-state index is 2.47. The lowest BCUT2D eigenvalue weighted by atomic mass is 10.1. The quantitative estimate of drug-likeness (QED) is 0.200. The van der Waals surface area contributed by atoms with Crippen LogP contribution in [0.4, 0.5) is 0 Å². The molecule has 3 aromatic rings. The Balaban J connectivity index is 1.96. The highest BCUT2D eigenvalue weighted by Gasteiger charge is 2.44. The van der Waals surface area contributed by atoms with Gasteiger partial charge in [-0.2, -0.15) is 0 Å². The van der Waals surface area contributed by atoms with Gasteiger partial charge in [0.2, 0.25) is 0 Å². The Hall–Kier alpha value is -2.64. The third kappa shape index (κ3) is 5.31. The Morgan fingerprint density at radius 3 is 1.60 bits per heavy atom. The highest BCUT2D eigenvalue weighted by Crippen LogP contribution is 2.32. The molecular formula is C34H42Si. The van der Waals surface area contributed by atoms with Gasteiger partial charge in [0.05, 0.1) is 0 Å². The van der Waals surface area contributed by atoms with E-state index in [1.54, 1.807) is 10.8 Å². The van der Waals surface area contributed by atoms with E-state index in [0.29, 0.717) is 5.92 Å². The topological polar surface area (TPSA) is 0 Å². The zero-order valence-corrected chi connectivity index (χ0v) is 23.2. The fraction of sp³-hybridized carbons (Fsp3) is 0.353. The fourth-order valence-corrected chi connectivity index (χ4v) is 11.0. The van der Waals surface area contributed by atoms with Gasteiger partial charge in [-0.15, -0.1) is 0 Å². The van der Waals surface area contributed by atoms with Gasteiger partial charge in [0, 0.05) is 0 Å². The molecular weight excluding hydrogens is 436 g/mol. The molecule has 1 aliphatic rings. The molecule has 35 heavy (non-hydrogen) atoms. The van der Waals surface area contributed by atoms with Gasteiger partial charge < -0.3 is 0 Å². The minimum absolute atomic E-state index is 0.520. The molecule has 0 amide bonds. The molecule has 0 radical (unpaired) electrons. The lowest BCUT2D eigenvalue weighted by Crippen LogP contribution is -2.68. The summed E-state index contributed by atoms with van der Waals surface area (Å²) in [5, 5.41) is 6.20. The van der Waals surface area contributed by atoms with Crippen LogP contribution in [0.5, 0.6) is 0 Å². The first kappa shape index (κ1) is 25.4. The molecule has 0 spiro atoms. The van der Waals surface area contributed by atoms with Crippen LogP contribution in [0.3, 0.4) is 0 Å². The molecule has 3 aromatic carbocycles. The van der Waals surface area contributed by atoms with Gasteiger partial charge in [-0.05, 0) is 70.3 Å². The molecule has 1 heteroatoms. The number of benzene rings is 3. The SMILES string of the molecule is CCCCc1ccc([Si](C2=C(C(C)C)C=CC2)(c2ccccc2)c2ccc(CCCC)cc2)cc1. The van der Waals surface area contributed by atoms with Crippen LogP contribution in [0.1, 0.15) is 70.9 Å². The molecule has 182 valence electrons. The van der Waals surface area contributed by atoms with Crippen molar-refractivity contribution in [2.75, 3.05) is 0 Å². The van der Waals surface area contributed by atoms with Crippen molar-refractivity contribution in [3.63, 3.8) is 0 Å². The second-order valence-corrected chi connectivity index (χ2v) is 14.2. The largest absolute Gasteiger partial charge is 0.176 e. The van der Waals surface area contributed by atoms with Crippen LogP contribution in [-0.4, -0.2) is 8.07 Å². The lowest BCUT2D eigenvalue weighted by Gasteiger charge is -2.37. The summed E-state index contributed by atoms with van der Waals surface area (Å²) in [6.45, 7) is 9.27. The average molecular weight is 479 g/mol. The Labute approximate surface area is 214 Å². The van der Waals surface area contributed by atoms with Crippen molar-refractivity contribution < 1.29 is 0 Å². The van der Waals surface area contributed by atoms with Gasteiger partial charge in [-0.1, -0.05) is 137 Å². The smallest absolute Gasteiger partial charge is 0.0805 e. The van der Waals surface area contributed by atoms with Crippen molar-refractivity contribution in [1.29, 1.82) is 0 Å². The first-order valence-electron chi connectivity index (χ1n) is 13.8. The summed E-state index contributed by atoms with van der Waals surface area (Å²) >= 11 is 0. The molecule has 0 unspecified atom stereocenters. The highest BCUT2D eigenvalue weighted by atomic mass is 28.3. The van der Waals surface area contributed by atoms with Gasteiger partial charge in [0.15, 0.2) is 8.07 Å². The maximum atomic E-state index is 2.47. The Morgan fingerprint density at radius 2 is 1.14 bits per heavy atom. The highest BCUT2D eigenvalue weighted by molar-refractivity contribution is 7.16. The molecule has 0 atom stereocenters. The summed E-state index contributed by atoms with van der Waals surface area (Å²) in [7, 11) is -2.41. The van der Waals surface area contributed by atoms with E-state index in [9.17, 15) is 0 Å². The summed E-state index contributed by atoms with van der Waals surface area (Å²) in [4.78, 5) is 0. The van der Waals surface area contributed by atoms with E-state index in [2.05, 4.69) is 119 Å². The first-order valence-corrected chi connectivity index (χ1v) is 15.8. The van der Waals surface area contributed by atoms with E-state index in [4.69, 9.17) is 0 Å². The number of allylic oxidation sites excluding steroid dienone is 4. The Kier molecular flexibility index (Phi) is 8.63. The molecule has 0 aromatic heterocycles. The summed E-state index contributed by atoms with van der Waals surface area (Å²) in [5.41, 5.74) is 4.47. The molecule has 0 saturated heterocycles. The van der Waals surface area contributed by atoms with Gasteiger partial charge in [0.25, 0.3) is 0 Å².